The molecule has 0 atom stereocenters. The van der Waals surface area contributed by atoms with Crippen LogP contribution in [-0.4, -0.2) is 26.1 Å². The quantitative estimate of drug-likeness (QED) is 0.828. The fourth-order valence-corrected chi connectivity index (χ4v) is 3.52. The highest BCUT2D eigenvalue weighted by atomic mass is 32.2. The average molecular weight is 361 g/mol. The van der Waals surface area contributed by atoms with E-state index in [-0.39, 0.29) is 10.7 Å². The molecule has 132 valence electrons. The Balaban J connectivity index is 2.22. The molecule has 0 aliphatic carbocycles. The number of hydrogen-bond donors (Lipinski definition) is 0. The molecule has 0 bridgehead atoms. The number of ether oxygens (including phenoxy) is 1. The Kier molecular flexibility index (Phi) is 4.41. The predicted octanol–water partition coefficient (Wildman–Crippen LogP) is 3.98. The van der Waals surface area contributed by atoms with Gasteiger partial charge in [0, 0.05) is 30.2 Å². The Morgan fingerprint density at radius 2 is 1.72 bits per heavy atom. The van der Waals surface area contributed by atoms with E-state index in [1.54, 1.807) is 30.3 Å². The van der Waals surface area contributed by atoms with E-state index in [0.29, 0.717) is 29.9 Å². The van der Waals surface area contributed by atoms with Crippen molar-refractivity contribution >= 4 is 15.5 Å². The highest BCUT2D eigenvalue weighted by Crippen LogP contribution is 2.37. The standard InChI is InChI=1S/C19H20FNO3S/c1-4-19(5-2)21-18(13-6-8-14(20)9-7-13)16-11-10-15(25(3,22)23)12-17(16)24-19/h6-12H,4-5H2,1-3H3. The number of sulfone groups is 1. The van der Waals surface area contributed by atoms with Gasteiger partial charge in [0.25, 0.3) is 0 Å². The molecule has 1 aliphatic rings. The van der Waals surface area contributed by atoms with Gasteiger partial charge in [0.1, 0.15) is 11.6 Å². The van der Waals surface area contributed by atoms with E-state index in [0.717, 1.165) is 5.56 Å². The molecule has 0 unspecified atom stereocenters. The Bertz CT molecular complexity index is 930. The van der Waals surface area contributed by atoms with Crippen LogP contribution in [0.1, 0.15) is 37.8 Å². The second-order valence-corrected chi connectivity index (χ2v) is 8.17. The lowest BCUT2D eigenvalue weighted by Crippen LogP contribution is -2.37. The molecular weight excluding hydrogens is 341 g/mol. The second kappa shape index (κ2) is 6.26. The molecule has 0 saturated heterocycles. The predicted molar refractivity (Wildman–Crippen MR) is 95.5 cm³/mol. The number of hydrogen-bond acceptors (Lipinski definition) is 4. The van der Waals surface area contributed by atoms with E-state index in [2.05, 4.69) is 0 Å². The maximum atomic E-state index is 13.3. The van der Waals surface area contributed by atoms with Gasteiger partial charge in [-0.3, -0.25) is 0 Å². The van der Waals surface area contributed by atoms with E-state index >= 15 is 0 Å². The van der Waals surface area contributed by atoms with Gasteiger partial charge in [-0.2, -0.15) is 0 Å². The third-order valence-corrected chi connectivity index (χ3v) is 5.58. The van der Waals surface area contributed by atoms with Gasteiger partial charge in [0.2, 0.25) is 0 Å². The van der Waals surface area contributed by atoms with Crippen molar-refractivity contribution in [2.24, 2.45) is 4.99 Å². The molecular formula is C19H20FNO3S. The molecule has 0 aromatic heterocycles. The van der Waals surface area contributed by atoms with Crippen LogP contribution in [0.15, 0.2) is 52.4 Å². The minimum Gasteiger partial charge on any atom is -0.465 e. The number of halogens is 1. The van der Waals surface area contributed by atoms with Crippen molar-refractivity contribution < 1.29 is 17.5 Å². The molecule has 0 N–H and O–H groups in total. The molecule has 0 saturated carbocycles. The lowest BCUT2D eigenvalue weighted by molar-refractivity contribution is 0.0656. The minimum atomic E-state index is -3.34. The molecule has 1 heterocycles. The van der Waals surface area contributed by atoms with Crippen molar-refractivity contribution in [3.63, 3.8) is 0 Å². The molecule has 6 heteroatoms. The summed E-state index contributed by atoms with van der Waals surface area (Å²) >= 11 is 0. The summed E-state index contributed by atoms with van der Waals surface area (Å²) in [5.74, 6) is 0.169. The first-order valence-corrected chi connectivity index (χ1v) is 10.1. The monoisotopic (exact) mass is 361 g/mol. The van der Waals surface area contributed by atoms with Crippen molar-refractivity contribution in [2.45, 2.75) is 37.3 Å². The van der Waals surface area contributed by atoms with E-state index in [4.69, 9.17) is 9.73 Å². The number of benzene rings is 2. The van der Waals surface area contributed by atoms with Gasteiger partial charge in [-0.25, -0.2) is 17.8 Å². The third kappa shape index (κ3) is 3.31. The number of rotatable bonds is 4. The Morgan fingerprint density at radius 1 is 1.08 bits per heavy atom. The van der Waals surface area contributed by atoms with Gasteiger partial charge < -0.3 is 4.74 Å². The van der Waals surface area contributed by atoms with Gasteiger partial charge in [-0.15, -0.1) is 0 Å². The second-order valence-electron chi connectivity index (χ2n) is 6.15. The normalized spacial score (nSPS) is 15.9. The Morgan fingerprint density at radius 3 is 2.28 bits per heavy atom. The van der Waals surface area contributed by atoms with Crippen molar-refractivity contribution in [2.75, 3.05) is 6.26 Å². The van der Waals surface area contributed by atoms with Gasteiger partial charge >= 0.3 is 0 Å². The smallest absolute Gasteiger partial charge is 0.200 e. The van der Waals surface area contributed by atoms with Crippen LogP contribution in [0.5, 0.6) is 5.75 Å². The Labute approximate surface area is 147 Å². The van der Waals surface area contributed by atoms with Crippen LogP contribution >= 0.6 is 0 Å². The van der Waals surface area contributed by atoms with Gasteiger partial charge in [-0.1, -0.05) is 13.8 Å². The van der Waals surface area contributed by atoms with Crippen LogP contribution in [0.2, 0.25) is 0 Å². The van der Waals surface area contributed by atoms with Gasteiger partial charge in [0.05, 0.1) is 10.6 Å². The number of aliphatic imine (C=N–C) groups is 1. The van der Waals surface area contributed by atoms with Crippen LogP contribution in [0.25, 0.3) is 0 Å². The lowest BCUT2D eigenvalue weighted by atomic mass is 9.97. The summed E-state index contributed by atoms with van der Waals surface area (Å²) in [6, 6.07) is 10.9. The number of fused-ring (bicyclic) bond motifs is 1. The van der Waals surface area contributed by atoms with E-state index in [9.17, 15) is 12.8 Å². The van der Waals surface area contributed by atoms with Crippen molar-refractivity contribution in [3.05, 3.63) is 59.4 Å². The average Bonchev–Trinajstić information content (AvgIpc) is 2.60. The fourth-order valence-electron chi connectivity index (χ4n) is 2.89. The van der Waals surface area contributed by atoms with Gasteiger partial charge in [-0.05, 0) is 42.5 Å². The van der Waals surface area contributed by atoms with Crippen molar-refractivity contribution in [1.29, 1.82) is 0 Å². The fraction of sp³-hybridized carbons (Fsp3) is 0.316. The largest absolute Gasteiger partial charge is 0.465 e. The summed E-state index contributed by atoms with van der Waals surface area (Å²) in [4.78, 5) is 5.01. The Hall–Kier alpha value is -2.21. The van der Waals surface area contributed by atoms with Gasteiger partial charge in [0.15, 0.2) is 15.6 Å². The van der Waals surface area contributed by atoms with E-state index < -0.39 is 15.6 Å². The maximum absolute atomic E-state index is 13.3. The SMILES string of the molecule is CCC1(CC)N=C(c2ccc(F)cc2)c2ccc(S(C)(=O)=O)cc2O1. The summed E-state index contributed by atoms with van der Waals surface area (Å²) in [5.41, 5.74) is 1.40. The van der Waals surface area contributed by atoms with Crippen LogP contribution in [0, 0.1) is 5.82 Å². The molecule has 2 aromatic rings. The molecule has 0 spiro atoms. The molecule has 1 aliphatic heterocycles. The summed E-state index contributed by atoms with van der Waals surface area (Å²) in [6.07, 6.45) is 2.44. The lowest BCUT2D eigenvalue weighted by Gasteiger charge is -2.35. The molecule has 25 heavy (non-hydrogen) atoms. The van der Waals surface area contributed by atoms with Crippen molar-refractivity contribution in [1.82, 2.24) is 0 Å². The van der Waals surface area contributed by atoms with Crippen LogP contribution in [0.4, 0.5) is 4.39 Å². The summed E-state index contributed by atoms with van der Waals surface area (Å²) in [7, 11) is -3.34. The summed E-state index contributed by atoms with van der Waals surface area (Å²) in [5, 5.41) is 0. The summed E-state index contributed by atoms with van der Waals surface area (Å²) < 4.78 is 43.2. The zero-order valence-corrected chi connectivity index (χ0v) is 15.2. The first-order chi connectivity index (χ1) is 11.8. The summed E-state index contributed by atoms with van der Waals surface area (Å²) in [6.45, 7) is 3.95. The topological polar surface area (TPSA) is 55.7 Å². The minimum absolute atomic E-state index is 0.202. The zero-order valence-electron chi connectivity index (χ0n) is 14.4. The number of nitrogens with zero attached hydrogens (tertiary/aromatic N) is 1. The molecule has 0 radical (unpaired) electrons. The first kappa shape index (κ1) is 17.6. The zero-order chi connectivity index (χ0) is 18.2. The van der Waals surface area contributed by atoms with Crippen LogP contribution < -0.4 is 4.74 Å². The van der Waals surface area contributed by atoms with Crippen molar-refractivity contribution in [3.8, 4) is 5.75 Å². The molecule has 2 aromatic carbocycles. The molecule has 3 rings (SSSR count). The van der Waals surface area contributed by atoms with E-state index in [1.165, 1.54) is 18.4 Å². The molecule has 4 nitrogen and oxygen atoms in total. The van der Waals surface area contributed by atoms with Crippen LogP contribution in [-0.2, 0) is 9.84 Å². The maximum Gasteiger partial charge on any atom is 0.200 e. The highest BCUT2D eigenvalue weighted by Gasteiger charge is 2.35. The van der Waals surface area contributed by atoms with E-state index in [1.807, 2.05) is 13.8 Å². The molecule has 0 fully saturated rings. The third-order valence-electron chi connectivity index (χ3n) is 4.47. The van der Waals surface area contributed by atoms with Crippen LogP contribution in [0.3, 0.4) is 0 Å². The highest BCUT2D eigenvalue weighted by molar-refractivity contribution is 7.90. The first-order valence-electron chi connectivity index (χ1n) is 8.17. The molecule has 0 amide bonds.